The van der Waals surface area contributed by atoms with E-state index in [2.05, 4.69) is 51.9 Å². The van der Waals surface area contributed by atoms with E-state index in [0.29, 0.717) is 18.6 Å². The molecule has 0 spiro atoms. The number of aromatic nitrogens is 2. The van der Waals surface area contributed by atoms with Crippen molar-refractivity contribution in [2.75, 3.05) is 0 Å². The van der Waals surface area contributed by atoms with E-state index in [1.54, 1.807) is 6.20 Å². The van der Waals surface area contributed by atoms with Crippen molar-refractivity contribution in [3.63, 3.8) is 0 Å². The minimum atomic E-state index is 0.526. The van der Waals surface area contributed by atoms with Gasteiger partial charge in [0.05, 0.1) is 5.69 Å². The minimum Gasteiger partial charge on any atom is -0.489 e. The molecular weight excluding hydrogens is 310 g/mol. The second-order valence-corrected chi connectivity index (χ2v) is 6.39. The zero-order valence-corrected chi connectivity index (χ0v) is 14.0. The van der Waals surface area contributed by atoms with Gasteiger partial charge in [-0.1, -0.05) is 42.5 Å². The molecule has 1 aliphatic rings. The van der Waals surface area contributed by atoms with E-state index >= 15 is 0 Å². The number of hydrogen-bond acceptors (Lipinski definition) is 4. The molecule has 25 heavy (non-hydrogen) atoms. The highest BCUT2D eigenvalue weighted by Crippen LogP contribution is 2.41. The molecule has 3 aromatic rings. The summed E-state index contributed by atoms with van der Waals surface area (Å²) in [4.78, 5) is 0. The number of ether oxygens (including phenoxy) is 1. The summed E-state index contributed by atoms with van der Waals surface area (Å²) < 4.78 is 5.85. The van der Waals surface area contributed by atoms with Crippen molar-refractivity contribution in [2.45, 2.75) is 31.5 Å². The molecule has 0 bridgehead atoms. The highest BCUT2D eigenvalue weighted by Gasteiger charge is 2.37. The lowest BCUT2D eigenvalue weighted by atomic mass is 10.1. The summed E-state index contributed by atoms with van der Waals surface area (Å²) in [6.45, 7) is 1.37. The molecule has 1 aromatic heterocycles. The molecule has 0 saturated heterocycles. The fraction of sp³-hybridized carbons (Fsp3) is 0.238. The van der Waals surface area contributed by atoms with Crippen LogP contribution in [0.4, 0.5) is 0 Å². The zero-order valence-electron chi connectivity index (χ0n) is 14.0. The first-order valence-electron chi connectivity index (χ1n) is 8.65. The van der Waals surface area contributed by atoms with Crippen LogP contribution >= 0.6 is 0 Å². The Morgan fingerprint density at radius 2 is 1.80 bits per heavy atom. The molecule has 2 unspecified atom stereocenters. The lowest BCUT2D eigenvalue weighted by Crippen LogP contribution is -2.18. The van der Waals surface area contributed by atoms with E-state index < -0.39 is 0 Å². The number of nitrogens with one attached hydrogen (secondary N) is 1. The lowest BCUT2D eigenvalue weighted by Gasteiger charge is -2.08. The summed E-state index contributed by atoms with van der Waals surface area (Å²) in [7, 11) is 0. The molecule has 2 atom stereocenters. The SMILES string of the molecule is c1ccc(COc2ccc(C3CC3NCc3cccnn3)cc2)cc1. The fourth-order valence-corrected chi connectivity index (χ4v) is 3.00. The third-order valence-electron chi connectivity index (χ3n) is 4.52. The highest BCUT2D eigenvalue weighted by molar-refractivity contribution is 5.34. The molecule has 4 rings (SSSR count). The summed E-state index contributed by atoms with van der Waals surface area (Å²) in [5.41, 5.74) is 3.53. The molecule has 0 amide bonds. The third-order valence-corrected chi connectivity index (χ3v) is 4.52. The fourth-order valence-electron chi connectivity index (χ4n) is 3.00. The van der Waals surface area contributed by atoms with Crippen LogP contribution in [0.3, 0.4) is 0 Å². The molecule has 1 aliphatic carbocycles. The predicted molar refractivity (Wildman–Crippen MR) is 97.2 cm³/mol. The monoisotopic (exact) mass is 331 g/mol. The first kappa shape index (κ1) is 15.8. The first-order chi connectivity index (χ1) is 12.4. The van der Waals surface area contributed by atoms with Gasteiger partial charge in [0, 0.05) is 24.7 Å². The van der Waals surface area contributed by atoms with E-state index in [9.17, 15) is 0 Å². The quantitative estimate of drug-likeness (QED) is 0.717. The van der Waals surface area contributed by atoms with Gasteiger partial charge in [-0.05, 0) is 41.8 Å². The Labute approximate surface area is 147 Å². The van der Waals surface area contributed by atoms with Crippen LogP contribution in [0.15, 0.2) is 72.9 Å². The second-order valence-electron chi connectivity index (χ2n) is 6.39. The standard InChI is InChI=1S/C21H21N3O/c1-2-5-16(6-3-1)15-25-19-10-8-17(9-11-19)20-13-21(20)22-14-18-7-4-12-23-24-18/h1-12,20-22H,13-15H2. The van der Waals surface area contributed by atoms with Gasteiger partial charge in [-0.3, -0.25) is 0 Å². The van der Waals surface area contributed by atoms with Gasteiger partial charge >= 0.3 is 0 Å². The molecule has 0 radical (unpaired) electrons. The average Bonchev–Trinajstić information content (AvgIpc) is 3.47. The Morgan fingerprint density at radius 1 is 0.960 bits per heavy atom. The van der Waals surface area contributed by atoms with Crippen LogP contribution in [0.5, 0.6) is 5.75 Å². The molecule has 1 N–H and O–H groups in total. The predicted octanol–water partition coefficient (Wildman–Crippen LogP) is 3.70. The van der Waals surface area contributed by atoms with Crippen molar-refractivity contribution >= 4 is 0 Å². The highest BCUT2D eigenvalue weighted by atomic mass is 16.5. The molecule has 1 heterocycles. The largest absolute Gasteiger partial charge is 0.489 e. The van der Waals surface area contributed by atoms with Gasteiger partial charge in [0.2, 0.25) is 0 Å². The van der Waals surface area contributed by atoms with Gasteiger partial charge in [-0.2, -0.15) is 10.2 Å². The molecular formula is C21H21N3O. The molecule has 1 fully saturated rings. The van der Waals surface area contributed by atoms with Gasteiger partial charge in [-0.25, -0.2) is 0 Å². The van der Waals surface area contributed by atoms with Gasteiger partial charge in [0.15, 0.2) is 0 Å². The van der Waals surface area contributed by atoms with Crippen molar-refractivity contribution in [1.82, 2.24) is 15.5 Å². The second kappa shape index (κ2) is 7.45. The van der Waals surface area contributed by atoms with Crippen molar-refractivity contribution in [1.29, 1.82) is 0 Å². The zero-order chi connectivity index (χ0) is 16.9. The van der Waals surface area contributed by atoms with E-state index in [4.69, 9.17) is 4.74 Å². The van der Waals surface area contributed by atoms with Crippen LogP contribution in [0.25, 0.3) is 0 Å². The summed E-state index contributed by atoms with van der Waals surface area (Å²) in [6.07, 6.45) is 2.87. The number of nitrogens with zero attached hydrogens (tertiary/aromatic N) is 2. The molecule has 4 nitrogen and oxygen atoms in total. The third kappa shape index (κ3) is 4.22. The van der Waals surface area contributed by atoms with Gasteiger partial charge in [0.25, 0.3) is 0 Å². The van der Waals surface area contributed by atoms with E-state index in [1.807, 2.05) is 30.3 Å². The van der Waals surface area contributed by atoms with E-state index in [0.717, 1.165) is 18.0 Å². The van der Waals surface area contributed by atoms with Crippen LogP contribution in [0.2, 0.25) is 0 Å². The lowest BCUT2D eigenvalue weighted by molar-refractivity contribution is 0.306. The molecule has 1 saturated carbocycles. The number of hydrogen-bond donors (Lipinski definition) is 1. The summed E-state index contributed by atoms with van der Waals surface area (Å²) in [5, 5.41) is 11.6. The summed E-state index contributed by atoms with van der Waals surface area (Å²) in [5.74, 6) is 1.50. The van der Waals surface area contributed by atoms with Gasteiger partial charge in [0.1, 0.15) is 12.4 Å². The maximum Gasteiger partial charge on any atom is 0.119 e. The van der Waals surface area contributed by atoms with Gasteiger partial charge < -0.3 is 10.1 Å². The topological polar surface area (TPSA) is 47.0 Å². The summed E-state index contributed by atoms with van der Waals surface area (Å²) >= 11 is 0. The minimum absolute atomic E-state index is 0.526. The smallest absolute Gasteiger partial charge is 0.119 e. The molecule has 4 heteroatoms. The van der Waals surface area contributed by atoms with E-state index in [1.165, 1.54) is 17.5 Å². The van der Waals surface area contributed by atoms with Gasteiger partial charge in [-0.15, -0.1) is 0 Å². The van der Waals surface area contributed by atoms with Crippen LogP contribution in [0, 0.1) is 0 Å². The molecule has 0 aliphatic heterocycles. The van der Waals surface area contributed by atoms with Crippen LogP contribution in [-0.4, -0.2) is 16.2 Å². The normalized spacial score (nSPS) is 18.7. The van der Waals surface area contributed by atoms with Crippen molar-refractivity contribution in [3.8, 4) is 5.75 Å². The Bertz CT molecular complexity index is 790. The maximum atomic E-state index is 5.85. The Morgan fingerprint density at radius 3 is 2.56 bits per heavy atom. The number of benzene rings is 2. The average molecular weight is 331 g/mol. The Balaban J connectivity index is 1.27. The van der Waals surface area contributed by atoms with Crippen molar-refractivity contribution in [3.05, 3.63) is 89.7 Å². The van der Waals surface area contributed by atoms with Crippen molar-refractivity contribution in [2.24, 2.45) is 0 Å². The first-order valence-corrected chi connectivity index (χ1v) is 8.65. The summed E-state index contributed by atoms with van der Waals surface area (Å²) in [6, 6.07) is 23.2. The Kier molecular flexibility index (Phi) is 4.70. The van der Waals surface area contributed by atoms with Crippen molar-refractivity contribution < 1.29 is 4.74 Å². The van der Waals surface area contributed by atoms with Crippen LogP contribution < -0.4 is 10.1 Å². The number of rotatable bonds is 7. The van der Waals surface area contributed by atoms with Crippen LogP contribution in [-0.2, 0) is 13.2 Å². The van der Waals surface area contributed by atoms with E-state index in [-0.39, 0.29) is 0 Å². The Hall–Kier alpha value is -2.72. The molecule has 2 aromatic carbocycles. The maximum absolute atomic E-state index is 5.85. The molecule has 126 valence electrons. The van der Waals surface area contributed by atoms with Crippen LogP contribution in [0.1, 0.15) is 29.2 Å².